The van der Waals surface area contributed by atoms with Crippen LogP contribution in [-0.2, 0) is 11.2 Å². The first-order valence-corrected chi connectivity index (χ1v) is 10.6. The lowest BCUT2D eigenvalue weighted by atomic mass is 10.1. The highest BCUT2D eigenvalue weighted by Crippen LogP contribution is 2.35. The molecule has 0 saturated carbocycles. The third kappa shape index (κ3) is 3.40. The molecule has 0 aliphatic heterocycles. The van der Waals surface area contributed by atoms with Gasteiger partial charge >= 0.3 is 0 Å². The summed E-state index contributed by atoms with van der Waals surface area (Å²) in [5.74, 6) is -0.0484. The van der Waals surface area contributed by atoms with Gasteiger partial charge in [0.15, 0.2) is 5.13 Å². The van der Waals surface area contributed by atoms with Crippen LogP contribution in [0.3, 0.4) is 0 Å². The zero-order valence-electron chi connectivity index (χ0n) is 13.7. The number of thioether (sulfide) groups is 1. The van der Waals surface area contributed by atoms with Gasteiger partial charge in [-0.2, -0.15) is 0 Å². The molecule has 0 unspecified atom stereocenters. The van der Waals surface area contributed by atoms with Crippen LogP contribution in [0.25, 0.3) is 20.4 Å². The minimum absolute atomic E-state index is 0.0484. The number of amides is 1. The molecule has 4 aromatic rings. The Hall–Kier alpha value is -1.96. The lowest BCUT2D eigenvalue weighted by Gasteiger charge is -2.03. The number of fused-ring (bicyclic) bond motifs is 3. The quantitative estimate of drug-likeness (QED) is 0.496. The molecule has 1 amide bonds. The highest BCUT2D eigenvalue weighted by molar-refractivity contribution is 7.98. The molecule has 0 bridgehead atoms. The molecule has 0 fully saturated rings. The van der Waals surface area contributed by atoms with Gasteiger partial charge in [-0.25, -0.2) is 9.97 Å². The van der Waals surface area contributed by atoms with Crippen LogP contribution in [0, 0.1) is 6.92 Å². The summed E-state index contributed by atoms with van der Waals surface area (Å²) >= 11 is 4.86. The normalized spacial score (nSPS) is 11.3. The molecule has 0 aliphatic rings. The molecule has 25 heavy (non-hydrogen) atoms. The average molecular weight is 386 g/mol. The molecule has 0 saturated heterocycles. The van der Waals surface area contributed by atoms with Crippen molar-refractivity contribution >= 4 is 65.9 Å². The fourth-order valence-electron chi connectivity index (χ4n) is 2.63. The summed E-state index contributed by atoms with van der Waals surface area (Å²) in [5, 5.41) is 4.60. The predicted octanol–water partition coefficient (Wildman–Crippen LogP) is 5.12. The van der Waals surface area contributed by atoms with E-state index in [4.69, 9.17) is 0 Å². The summed E-state index contributed by atoms with van der Waals surface area (Å²) in [6, 6.07) is 12.0. The number of carbonyl (C=O) groups excluding carboxylic acids is 1. The second-order valence-electron chi connectivity index (χ2n) is 5.59. The summed E-state index contributed by atoms with van der Waals surface area (Å²) in [6.07, 6.45) is 2.38. The molecule has 0 atom stereocenters. The molecule has 4 rings (SSSR count). The number of hydrogen-bond acceptors (Lipinski definition) is 6. The molecule has 1 N–H and O–H groups in total. The molecule has 2 heterocycles. The summed E-state index contributed by atoms with van der Waals surface area (Å²) < 4.78 is 2.23. The molecule has 7 heteroatoms. The first-order valence-electron chi connectivity index (χ1n) is 7.72. The highest BCUT2D eigenvalue weighted by atomic mass is 32.2. The number of hydrogen-bond donors (Lipinski definition) is 1. The van der Waals surface area contributed by atoms with E-state index < -0.39 is 0 Å². The molecule has 2 aromatic carbocycles. The smallest absolute Gasteiger partial charge is 0.230 e. The number of aryl methyl sites for hydroxylation is 1. The van der Waals surface area contributed by atoms with Crippen LogP contribution in [0.5, 0.6) is 0 Å². The summed E-state index contributed by atoms with van der Waals surface area (Å²) in [6.45, 7) is 2.00. The van der Waals surface area contributed by atoms with E-state index in [1.54, 1.807) is 23.1 Å². The third-order valence-electron chi connectivity index (χ3n) is 3.79. The molecule has 4 nitrogen and oxygen atoms in total. The van der Waals surface area contributed by atoms with Crippen LogP contribution < -0.4 is 5.32 Å². The molecular weight excluding hydrogens is 370 g/mol. The Bertz CT molecular complexity index is 1070. The van der Waals surface area contributed by atoms with E-state index in [0.29, 0.717) is 11.6 Å². The van der Waals surface area contributed by atoms with Crippen LogP contribution >= 0.6 is 34.4 Å². The molecule has 0 radical (unpaired) electrons. The largest absolute Gasteiger partial charge is 0.302 e. The number of nitrogens with zero attached hydrogens (tertiary/aromatic N) is 2. The number of benzene rings is 2. The van der Waals surface area contributed by atoms with Crippen molar-refractivity contribution in [2.24, 2.45) is 0 Å². The summed E-state index contributed by atoms with van der Waals surface area (Å²) in [5.41, 5.74) is 2.89. The van der Waals surface area contributed by atoms with E-state index in [0.717, 1.165) is 31.0 Å². The van der Waals surface area contributed by atoms with E-state index in [1.807, 2.05) is 49.6 Å². The zero-order chi connectivity index (χ0) is 17.4. The van der Waals surface area contributed by atoms with E-state index >= 15 is 0 Å². The molecule has 2 aromatic heterocycles. The fourth-order valence-corrected chi connectivity index (χ4v) is 5.06. The maximum Gasteiger partial charge on any atom is 0.230 e. The number of thiazole rings is 2. The van der Waals surface area contributed by atoms with Gasteiger partial charge in [-0.3, -0.25) is 4.79 Å². The Balaban J connectivity index is 1.55. The van der Waals surface area contributed by atoms with Gasteiger partial charge in [0.1, 0.15) is 0 Å². The van der Waals surface area contributed by atoms with Gasteiger partial charge in [-0.15, -0.1) is 23.1 Å². The molecular formula is C18H15N3OS3. The maximum absolute atomic E-state index is 12.3. The Kier molecular flexibility index (Phi) is 4.45. The minimum atomic E-state index is -0.0484. The van der Waals surface area contributed by atoms with E-state index in [9.17, 15) is 4.79 Å². The topological polar surface area (TPSA) is 54.9 Å². The van der Waals surface area contributed by atoms with Crippen LogP contribution in [0.15, 0.2) is 41.3 Å². The van der Waals surface area contributed by atoms with Crippen LogP contribution in [-0.4, -0.2) is 22.1 Å². The second-order valence-corrected chi connectivity index (χ2v) is 8.67. The van der Waals surface area contributed by atoms with Crippen LogP contribution in [0.1, 0.15) is 10.6 Å². The lowest BCUT2D eigenvalue weighted by Crippen LogP contribution is -2.14. The van der Waals surface area contributed by atoms with E-state index in [2.05, 4.69) is 15.3 Å². The van der Waals surface area contributed by atoms with Gasteiger partial charge in [-0.1, -0.05) is 23.5 Å². The number of anilines is 1. The summed E-state index contributed by atoms with van der Waals surface area (Å²) in [7, 11) is 0. The van der Waals surface area contributed by atoms with Crippen molar-refractivity contribution < 1.29 is 4.79 Å². The van der Waals surface area contributed by atoms with Gasteiger partial charge in [0, 0.05) is 4.90 Å². The number of carbonyl (C=O) groups is 1. The van der Waals surface area contributed by atoms with Crippen molar-refractivity contribution in [2.45, 2.75) is 18.2 Å². The Labute approximate surface area is 157 Å². The molecule has 126 valence electrons. The van der Waals surface area contributed by atoms with Crippen LogP contribution in [0.4, 0.5) is 5.13 Å². The second kappa shape index (κ2) is 6.74. The average Bonchev–Trinajstić information content (AvgIpc) is 3.17. The Morgan fingerprint density at radius 2 is 1.72 bits per heavy atom. The first kappa shape index (κ1) is 16.5. The maximum atomic E-state index is 12.3. The van der Waals surface area contributed by atoms with E-state index in [-0.39, 0.29) is 5.91 Å². The van der Waals surface area contributed by atoms with E-state index in [1.165, 1.54) is 16.2 Å². The lowest BCUT2D eigenvalue weighted by molar-refractivity contribution is -0.115. The van der Waals surface area contributed by atoms with Crippen molar-refractivity contribution in [1.82, 2.24) is 9.97 Å². The van der Waals surface area contributed by atoms with Crippen molar-refractivity contribution in [1.29, 1.82) is 0 Å². The number of nitrogens with one attached hydrogen (secondary N) is 1. The highest BCUT2D eigenvalue weighted by Gasteiger charge is 2.12. The van der Waals surface area contributed by atoms with Crippen molar-refractivity contribution in [3.05, 3.63) is 47.0 Å². The van der Waals surface area contributed by atoms with Gasteiger partial charge in [-0.05, 0) is 43.0 Å². The molecule has 0 aliphatic carbocycles. The zero-order valence-corrected chi connectivity index (χ0v) is 16.1. The van der Waals surface area contributed by atoms with Crippen molar-refractivity contribution in [3.8, 4) is 0 Å². The third-order valence-corrected chi connectivity index (χ3v) is 6.67. The first-order chi connectivity index (χ1) is 12.1. The Morgan fingerprint density at radius 1 is 1.04 bits per heavy atom. The Morgan fingerprint density at radius 3 is 2.44 bits per heavy atom. The van der Waals surface area contributed by atoms with Gasteiger partial charge in [0.2, 0.25) is 5.91 Å². The SMILES string of the molecule is CSc1ccc(CC(=O)Nc2nc3ccc4nc(C)sc4c3s2)cc1. The monoisotopic (exact) mass is 385 g/mol. The fraction of sp³-hybridized carbons (Fsp3) is 0.167. The van der Waals surface area contributed by atoms with Crippen molar-refractivity contribution in [3.63, 3.8) is 0 Å². The van der Waals surface area contributed by atoms with Crippen LogP contribution in [0.2, 0.25) is 0 Å². The van der Waals surface area contributed by atoms with Gasteiger partial charge in [0.05, 0.1) is 31.9 Å². The summed E-state index contributed by atoms with van der Waals surface area (Å²) in [4.78, 5) is 22.6. The standard InChI is InChI=1S/C18H15N3OS3/c1-10-19-13-7-8-14-17(16(13)24-10)25-18(20-14)21-15(22)9-11-3-5-12(23-2)6-4-11/h3-8H,9H2,1-2H3,(H,20,21,22). The number of rotatable bonds is 4. The minimum Gasteiger partial charge on any atom is -0.302 e. The van der Waals surface area contributed by atoms with Gasteiger partial charge in [0.25, 0.3) is 0 Å². The number of aromatic nitrogens is 2. The van der Waals surface area contributed by atoms with Crippen molar-refractivity contribution in [2.75, 3.05) is 11.6 Å². The molecule has 0 spiro atoms. The van der Waals surface area contributed by atoms with Gasteiger partial charge < -0.3 is 5.32 Å². The predicted molar refractivity (Wildman–Crippen MR) is 108 cm³/mol.